The van der Waals surface area contributed by atoms with Crippen molar-refractivity contribution >= 4 is 34.8 Å². The van der Waals surface area contributed by atoms with E-state index in [1.165, 1.54) is 4.90 Å². The Morgan fingerprint density at radius 1 is 1.37 bits per heavy atom. The third-order valence-corrected chi connectivity index (χ3v) is 4.30. The minimum atomic E-state index is -0.648. The molecule has 1 aromatic rings. The SMILES string of the molecule is CC(C)C1(C)CC(=O)N(c2ccc(N)c(Cl)c2)C1=O. The van der Waals surface area contributed by atoms with Crippen molar-refractivity contribution < 1.29 is 9.59 Å². The topological polar surface area (TPSA) is 63.4 Å². The number of carbonyl (C=O) groups is 2. The smallest absolute Gasteiger partial charge is 0.240 e. The summed E-state index contributed by atoms with van der Waals surface area (Å²) in [5.74, 6) is -0.270. The molecule has 2 N–H and O–H groups in total. The van der Waals surface area contributed by atoms with Gasteiger partial charge in [0.05, 0.1) is 21.8 Å². The molecular formula is C14H17ClN2O2. The van der Waals surface area contributed by atoms with Crippen molar-refractivity contribution in [1.29, 1.82) is 0 Å². The van der Waals surface area contributed by atoms with Gasteiger partial charge in [-0.15, -0.1) is 0 Å². The predicted molar refractivity (Wildman–Crippen MR) is 75.9 cm³/mol. The highest BCUT2D eigenvalue weighted by Crippen LogP contribution is 2.41. The molecule has 0 bridgehead atoms. The average molecular weight is 281 g/mol. The fourth-order valence-electron chi connectivity index (χ4n) is 2.20. The Morgan fingerprint density at radius 3 is 2.47 bits per heavy atom. The van der Waals surface area contributed by atoms with Crippen LogP contribution < -0.4 is 10.6 Å². The number of nitrogens with two attached hydrogens (primary N) is 1. The summed E-state index contributed by atoms with van der Waals surface area (Å²) < 4.78 is 0. The number of amides is 2. The molecule has 0 spiro atoms. The quantitative estimate of drug-likeness (QED) is 0.669. The lowest BCUT2D eigenvalue weighted by Crippen LogP contribution is -2.36. The van der Waals surface area contributed by atoms with E-state index in [1.54, 1.807) is 18.2 Å². The van der Waals surface area contributed by atoms with Gasteiger partial charge in [0.25, 0.3) is 0 Å². The number of nitrogens with zero attached hydrogens (tertiary/aromatic N) is 1. The van der Waals surface area contributed by atoms with Crippen LogP contribution in [0.2, 0.25) is 5.02 Å². The largest absolute Gasteiger partial charge is 0.398 e. The molecule has 0 radical (unpaired) electrons. The predicted octanol–water partition coefficient (Wildman–Crippen LogP) is 2.85. The summed E-state index contributed by atoms with van der Waals surface area (Å²) in [5, 5.41) is 0.344. The molecule has 0 aliphatic carbocycles. The van der Waals surface area contributed by atoms with Gasteiger partial charge in [-0.05, 0) is 31.0 Å². The van der Waals surface area contributed by atoms with Gasteiger partial charge in [-0.1, -0.05) is 25.4 Å². The summed E-state index contributed by atoms with van der Waals surface area (Å²) in [6.07, 6.45) is 0.228. The first kappa shape index (κ1) is 13.9. The fourth-order valence-corrected chi connectivity index (χ4v) is 2.38. The average Bonchev–Trinajstić information content (AvgIpc) is 2.55. The summed E-state index contributed by atoms with van der Waals surface area (Å²) in [7, 11) is 0. The van der Waals surface area contributed by atoms with Crippen molar-refractivity contribution in [2.75, 3.05) is 10.6 Å². The van der Waals surface area contributed by atoms with Crippen LogP contribution in [0.1, 0.15) is 27.2 Å². The van der Waals surface area contributed by atoms with Crippen LogP contribution in [0.3, 0.4) is 0 Å². The summed E-state index contributed by atoms with van der Waals surface area (Å²) in [6.45, 7) is 5.73. The molecule has 1 aliphatic rings. The number of anilines is 2. The summed E-state index contributed by atoms with van der Waals surface area (Å²) in [4.78, 5) is 25.9. The normalized spacial score (nSPS) is 23.5. The standard InChI is InChI=1S/C14H17ClN2O2/c1-8(2)14(3)7-12(18)17(13(14)19)9-4-5-11(16)10(15)6-9/h4-6,8H,7,16H2,1-3H3. The third-order valence-electron chi connectivity index (χ3n) is 3.98. The highest BCUT2D eigenvalue weighted by molar-refractivity contribution is 6.33. The Morgan fingerprint density at radius 2 is 2.00 bits per heavy atom. The molecule has 1 aliphatic heterocycles. The molecule has 19 heavy (non-hydrogen) atoms. The van der Waals surface area contributed by atoms with E-state index in [0.717, 1.165) is 0 Å². The zero-order valence-corrected chi connectivity index (χ0v) is 12.0. The van der Waals surface area contributed by atoms with Gasteiger partial charge < -0.3 is 5.73 Å². The van der Waals surface area contributed by atoms with E-state index >= 15 is 0 Å². The highest BCUT2D eigenvalue weighted by atomic mass is 35.5. The van der Waals surface area contributed by atoms with Crippen molar-refractivity contribution in [2.24, 2.45) is 11.3 Å². The zero-order valence-electron chi connectivity index (χ0n) is 11.2. The van der Waals surface area contributed by atoms with E-state index in [-0.39, 0.29) is 24.2 Å². The Labute approximate surface area is 117 Å². The van der Waals surface area contributed by atoms with Crippen LogP contribution in [0.25, 0.3) is 0 Å². The Hall–Kier alpha value is -1.55. The highest BCUT2D eigenvalue weighted by Gasteiger charge is 2.50. The van der Waals surface area contributed by atoms with Crippen LogP contribution in [-0.2, 0) is 9.59 Å². The second kappa shape index (κ2) is 4.53. The summed E-state index contributed by atoms with van der Waals surface area (Å²) >= 11 is 5.95. The lowest BCUT2D eigenvalue weighted by molar-refractivity contribution is -0.126. The van der Waals surface area contributed by atoms with E-state index in [9.17, 15) is 9.59 Å². The van der Waals surface area contributed by atoms with Crippen molar-refractivity contribution in [3.8, 4) is 0 Å². The van der Waals surface area contributed by atoms with Gasteiger partial charge in [0.2, 0.25) is 11.8 Å². The maximum Gasteiger partial charge on any atom is 0.240 e. The lowest BCUT2D eigenvalue weighted by Gasteiger charge is -2.26. The molecule has 0 saturated carbocycles. The van der Waals surface area contributed by atoms with E-state index in [1.807, 2.05) is 20.8 Å². The second-order valence-electron chi connectivity index (χ2n) is 5.49. The Balaban J connectivity index is 2.43. The molecule has 2 amide bonds. The van der Waals surface area contributed by atoms with Crippen LogP contribution in [0.15, 0.2) is 18.2 Å². The number of halogens is 1. The fraction of sp³-hybridized carbons (Fsp3) is 0.429. The number of hydrogen-bond acceptors (Lipinski definition) is 3. The molecule has 1 aromatic carbocycles. The van der Waals surface area contributed by atoms with Crippen LogP contribution in [0, 0.1) is 11.3 Å². The molecular weight excluding hydrogens is 264 g/mol. The lowest BCUT2D eigenvalue weighted by atomic mass is 9.78. The first-order valence-corrected chi connectivity index (χ1v) is 6.57. The first-order chi connectivity index (χ1) is 8.77. The van der Waals surface area contributed by atoms with E-state index in [2.05, 4.69) is 0 Å². The van der Waals surface area contributed by atoms with Gasteiger partial charge in [-0.25, -0.2) is 0 Å². The summed E-state index contributed by atoms with van der Waals surface area (Å²) in [6, 6.07) is 4.80. The maximum atomic E-state index is 12.5. The molecule has 1 unspecified atom stereocenters. The molecule has 1 atom stereocenters. The zero-order chi connectivity index (χ0) is 14.4. The van der Waals surface area contributed by atoms with Gasteiger partial charge in [-0.3, -0.25) is 14.5 Å². The molecule has 4 nitrogen and oxygen atoms in total. The van der Waals surface area contributed by atoms with Crippen molar-refractivity contribution in [1.82, 2.24) is 0 Å². The molecule has 1 saturated heterocycles. The van der Waals surface area contributed by atoms with E-state index < -0.39 is 5.41 Å². The number of rotatable bonds is 2. The number of hydrogen-bond donors (Lipinski definition) is 1. The van der Waals surface area contributed by atoms with E-state index in [4.69, 9.17) is 17.3 Å². The van der Waals surface area contributed by atoms with Gasteiger partial charge in [0.1, 0.15) is 0 Å². The van der Waals surface area contributed by atoms with Gasteiger partial charge in [-0.2, -0.15) is 0 Å². The Bertz CT molecular complexity index is 556. The second-order valence-corrected chi connectivity index (χ2v) is 5.90. The van der Waals surface area contributed by atoms with Crippen LogP contribution >= 0.6 is 11.6 Å². The van der Waals surface area contributed by atoms with Gasteiger partial charge >= 0.3 is 0 Å². The van der Waals surface area contributed by atoms with Gasteiger partial charge in [0, 0.05) is 6.42 Å². The number of imide groups is 1. The summed E-state index contributed by atoms with van der Waals surface area (Å²) in [5.41, 5.74) is 5.90. The molecule has 1 fully saturated rings. The van der Waals surface area contributed by atoms with Gasteiger partial charge in [0.15, 0.2) is 0 Å². The molecule has 5 heteroatoms. The van der Waals surface area contributed by atoms with Crippen molar-refractivity contribution in [2.45, 2.75) is 27.2 Å². The minimum absolute atomic E-state index is 0.0956. The third kappa shape index (κ3) is 2.10. The maximum absolute atomic E-state index is 12.5. The molecule has 102 valence electrons. The van der Waals surface area contributed by atoms with Crippen molar-refractivity contribution in [3.05, 3.63) is 23.2 Å². The van der Waals surface area contributed by atoms with Crippen LogP contribution in [0.5, 0.6) is 0 Å². The molecule has 2 rings (SSSR count). The first-order valence-electron chi connectivity index (χ1n) is 6.20. The monoisotopic (exact) mass is 280 g/mol. The minimum Gasteiger partial charge on any atom is -0.398 e. The van der Waals surface area contributed by atoms with Crippen molar-refractivity contribution in [3.63, 3.8) is 0 Å². The number of benzene rings is 1. The van der Waals surface area contributed by atoms with Crippen LogP contribution in [0.4, 0.5) is 11.4 Å². The molecule has 1 heterocycles. The Kier molecular flexibility index (Phi) is 3.31. The number of carbonyl (C=O) groups excluding carboxylic acids is 2. The molecule has 0 aromatic heterocycles. The van der Waals surface area contributed by atoms with Crippen LogP contribution in [-0.4, -0.2) is 11.8 Å². The number of nitrogen functional groups attached to an aromatic ring is 1. The van der Waals surface area contributed by atoms with E-state index in [0.29, 0.717) is 16.4 Å².